The molecule has 8 aromatic carbocycles. The summed E-state index contributed by atoms with van der Waals surface area (Å²) in [5.41, 5.74) is 16.1. The number of esters is 3. The molecule has 0 radical (unpaired) electrons. The first-order valence-corrected chi connectivity index (χ1v) is 30.6. The lowest BCUT2D eigenvalue weighted by Crippen LogP contribution is -3.00. The second-order valence-corrected chi connectivity index (χ2v) is 21.7. The molecule has 0 atom stereocenters. The highest BCUT2D eigenvalue weighted by atomic mass is 35.5. The number of carbonyl (C=O) groups is 5. The van der Waals surface area contributed by atoms with Crippen molar-refractivity contribution in [3.05, 3.63) is 249 Å². The van der Waals surface area contributed by atoms with Crippen LogP contribution < -0.4 is 81.6 Å². The highest BCUT2D eigenvalue weighted by Crippen LogP contribution is 2.33. The predicted octanol–water partition coefficient (Wildman–Crippen LogP) is 4.78. The average Bonchev–Trinajstić information content (AvgIpc) is 1.64. The molecule has 0 saturated heterocycles. The van der Waals surface area contributed by atoms with Crippen LogP contribution in [0.3, 0.4) is 0 Å². The summed E-state index contributed by atoms with van der Waals surface area (Å²) in [6.45, 7) is 0. The number of hydrogen-bond donors (Lipinski definition) is 7. The summed E-state index contributed by atoms with van der Waals surface area (Å²) >= 11 is 0. The number of nitrogens with two attached hydrogens (primary N) is 3. The van der Waals surface area contributed by atoms with E-state index in [4.69, 9.17) is 60.6 Å². The molecular weight excluding hydrogens is 1440 g/mol. The number of aliphatic carboxylic acids is 1. The molecule has 568 valence electrons. The number of nitrogens with zero attached hydrogens (tertiary/aromatic N) is 3. The number of carboxylic acids is 1. The van der Waals surface area contributed by atoms with Crippen molar-refractivity contribution >= 4 is 47.1 Å². The molecule has 0 unspecified atom stereocenters. The second kappa shape index (κ2) is 43.9. The molecule has 0 fully saturated rings. The first kappa shape index (κ1) is 90.2. The fraction of sp³-hybridized carbons (Fsp3) is 0.230. The molecule has 9 rings (SSSR count). The molecular formula is C74H81Cl2F6N9O15. The van der Waals surface area contributed by atoms with Gasteiger partial charge in [-0.1, -0.05) is 54.6 Å². The van der Waals surface area contributed by atoms with Gasteiger partial charge in [-0.25, -0.2) is 24.0 Å². The number of amides is 1. The van der Waals surface area contributed by atoms with E-state index in [-0.39, 0.29) is 62.0 Å². The van der Waals surface area contributed by atoms with Crippen molar-refractivity contribution in [3.63, 3.8) is 0 Å². The van der Waals surface area contributed by atoms with E-state index in [0.717, 1.165) is 52.1 Å². The van der Waals surface area contributed by atoms with E-state index < -0.39 is 47.4 Å². The van der Waals surface area contributed by atoms with Crippen LogP contribution in [0.25, 0.3) is 5.69 Å². The Morgan fingerprint density at radius 2 is 0.821 bits per heavy atom. The van der Waals surface area contributed by atoms with Crippen LogP contribution in [-0.4, -0.2) is 125 Å². The summed E-state index contributed by atoms with van der Waals surface area (Å²) in [7, 11) is 13.3. The van der Waals surface area contributed by atoms with Crippen LogP contribution in [0, 0.1) is 5.41 Å². The number of benzene rings is 8. The van der Waals surface area contributed by atoms with Crippen molar-refractivity contribution in [2.75, 3.05) is 69.7 Å². The number of amidine groups is 2. The number of methoxy groups -OCH3 is 9. The van der Waals surface area contributed by atoms with E-state index in [0.29, 0.717) is 105 Å². The summed E-state index contributed by atoms with van der Waals surface area (Å²) in [4.78, 5) is 61.3. The van der Waals surface area contributed by atoms with Crippen LogP contribution in [0.2, 0.25) is 0 Å². The van der Waals surface area contributed by atoms with Gasteiger partial charge in [-0.15, -0.1) is 0 Å². The SMILES string of the molecule is COC(=O)c1ccc(CC(=O)NC(=N)Cc2ccc(OC)c(OC)c2)cc1.COC(=O)c1ccc(CC(=O)O)cc1.COC(=O)c1ccc(Cc2nc(Cc3ccc(OC)c(OC)c3)nn2-c2ccc(C(F)(F)F)cc2)cc1.COc1ccc(CC(N)=[NH2+])cc1OC.Nc1ccc(C(F)(F)F)cc1.[Cl-].[Cl-].[NH4+]. The van der Waals surface area contributed by atoms with Gasteiger partial charge in [0.1, 0.15) is 11.7 Å². The average molecular weight is 1520 g/mol. The Hall–Kier alpha value is -11.9. The maximum Gasteiger partial charge on any atom is 0.416 e. The molecule has 13 N–H and O–H groups in total. The highest BCUT2D eigenvalue weighted by Gasteiger charge is 2.31. The third kappa shape index (κ3) is 28.7. The monoisotopic (exact) mass is 1520 g/mol. The van der Waals surface area contributed by atoms with Gasteiger partial charge < -0.3 is 89.8 Å². The van der Waals surface area contributed by atoms with Crippen LogP contribution >= 0.6 is 0 Å². The Morgan fingerprint density at radius 3 is 1.19 bits per heavy atom. The smallest absolute Gasteiger partial charge is 0.416 e. The van der Waals surface area contributed by atoms with E-state index in [1.165, 1.54) is 50.3 Å². The fourth-order valence-corrected chi connectivity index (χ4v) is 9.27. The van der Waals surface area contributed by atoms with Gasteiger partial charge in [0.2, 0.25) is 11.7 Å². The first-order chi connectivity index (χ1) is 49.0. The molecule has 1 amide bonds. The number of carboxylic acid groups (broad SMARTS) is 1. The van der Waals surface area contributed by atoms with Crippen LogP contribution in [0.4, 0.5) is 32.0 Å². The van der Waals surface area contributed by atoms with Crippen LogP contribution in [0.1, 0.15) is 87.2 Å². The summed E-state index contributed by atoms with van der Waals surface area (Å²) in [6.07, 6.45) is -7.15. The van der Waals surface area contributed by atoms with Crippen molar-refractivity contribution in [1.82, 2.24) is 26.2 Å². The number of aromatic nitrogens is 3. The number of rotatable bonds is 22. The van der Waals surface area contributed by atoms with Gasteiger partial charge in [-0.3, -0.25) is 26.1 Å². The topological polar surface area (TPSA) is 369 Å². The largest absolute Gasteiger partial charge is 1.00 e. The van der Waals surface area contributed by atoms with Crippen molar-refractivity contribution in [2.45, 2.75) is 50.9 Å². The zero-order valence-electron chi connectivity index (χ0n) is 59.2. The van der Waals surface area contributed by atoms with Gasteiger partial charge in [0.05, 0.1) is 117 Å². The number of nitrogens with one attached hydrogen (secondary N) is 2. The minimum absolute atomic E-state index is 0. The van der Waals surface area contributed by atoms with E-state index in [1.807, 2.05) is 36.4 Å². The number of nitrogen functional groups attached to an aromatic ring is 1. The van der Waals surface area contributed by atoms with E-state index in [9.17, 15) is 50.3 Å². The molecule has 1 heterocycles. The molecule has 24 nitrogen and oxygen atoms in total. The first-order valence-electron chi connectivity index (χ1n) is 30.6. The normalized spacial score (nSPS) is 10.2. The predicted molar refractivity (Wildman–Crippen MR) is 375 cm³/mol. The number of halogens is 8. The van der Waals surface area contributed by atoms with E-state index >= 15 is 0 Å². The van der Waals surface area contributed by atoms with E-state index in [2.05, 4.69) is 24.9 Å². The summed E-state index contributed by atoms with van der Waals surface area (Å²) in [5.74, 6) is 2.70. The van der Waals surface area contributed by atoms with Crippen LogP contribution in [-0.2, 0) is 74.7 Å². The zero-order valence-corrected chi connectivity index (χ0v) is 60.8. The summed E-state index contributed by atoms with van der Waals surface area (Å²) in [5, 5.41) is 29.1. The molecule has 32 heteroatoms. The molecule has 106 heavy (non-hydrogen) atoms. The minimum Gasteiger partial charge on any atom is -1.00 e. The molecule has 1 aromatic heterocycles. The lowest BCUT2D eigenvalue weighted by atomic mass is 10.1. The molecule has 0 bridgehead atoms. The lowest BCUT2D eigenvalue weighted by Gasteiger charge is -2.11. The summed E-state index contributed by atoms with van der Waals surface area (Å²) < 4.78 is 122. The van der Waals surface area contributed by atoms with Crippen molar-refractivity contribution in [1.29, 1.82) is 5.41 Å². The Kier molecular flexibility index (Phi) is 37.4. The van der Waals surface area contributed by atoms with Crippen LogP contribution in [0.15, 0.2) is 176 Å². The maximum absolute atomic E-state index is 13.1. The number of ether oxygens (including phenoxy) is 9. The molecule has 0 saturated carbocycles. The standard InChI is InChI=1S/C27H24F3N3O4.C20H22N2O5.C10H14N2O2.C10H10O4.C7H6F3N.2ClH.H3N/c1-35-22-13-6-18(14-23(22)36-2)15-24-31-25(16-17-4-7-19(8-5-17)26(34)37-3)33(32-24)21-11-9-20(10-12-21)27(28,29)30;1-25-16-9-6-14(10-17(16)26-2)11-18(21)22-19(23)12-13-4-7-15(8-5-13)20(24)27-3;1-13-8-4-3-7(6-10(11)12)5-9(8)14-2;1-14-10(13)8-4-2-7(3-5-8)6-9(11)12;8-7(9,10)5-1-3-6(11)4-2-5;;;/h4-14H,15-16H2,1-3H3;4-10H,11-12H2,1-3H3,(H2,21,22,23);3-5H,6H2,1-2H3,(H3,11,12);2-5H,6H2,1H3,(H,11,12);1-4H,11H2;2*1H;1H3. The van der Waals surface area contributed by atoms with Gasteiger partial charge >= 0.3 is 36.2 Å². The molecule has 0 aliphatic heterocycles. The number of alkyl halides is 6. The zero-order chi connectivity index (χ0) is 76.0. The fourth-order valence-electron chi connectivity index (χ4n) is 9.27. The number of carbonyl (C=O) groups excluding carboxylic acids is 4. The number of quaternary nitrogens is 1. The molecule has 0 aliphatic rings. The Bertz CT molecular complexity index is 4320. The van der Waals surface area contributed by atoms with Crippen molar-refractivity contribution in [3.8, 4) is 40.2 Å². The Labute approximate surface area is 619 Å². The highest BCUT2D eigenvalue weighted by molar-refractivity contribution is 5.98. The third-order valence-corrected chi connectivity index (χ3v) is 14.4. The maximum atomic E-state index is 13.1. The minimum atomic E-state index is -4.44. The van der Waals surface area contributed by atoms with Crippen LogP contribution in [0.5, 0.6) is 34.5 Å². The molecule has 0 aliphatic carbocycles. The van der Waals surface area contributed by atoms with Gasteiger partial charge in [0.25, 0.3) is 0 Å². The molecule has 9 aromatic rings. The quantitative estimate of drug-likeness (QED) is 0.0120. The van der Waals surface area contributed by atoms with Crippen molar-refractivity contribution in [2.24, 2.45) is 5.73 Å². The Morgan fingerprint density at radius 1 is 0.472 bits per heavy atom. The Balaban J connectivity index is 0.000000483. The van der Waals surface area contributed by atoms with Gasteiger partial charge in [-0.05, 0) is 155 Å². The summed E-state index contributed by atoms with van der Waals surface area (Å²) in [6, 6.07) is 45.2. The second-order valence-electron chi connectivity index (χ2n) is 21.7. The van der Waals surface area contributed by atoms with Gasteiger partial charge in [0, 0.05) is 24.9 Å². The van der Waals surface area contributed by atoms with E-state index in [1.54, 1.807) is 134 Å². The number of hydrogen-bond acceptors (Lipinski definition) is 18. The van der Waals surface area contributed by atoms with Gasteiger partial charge in [0.15, 0.2) is 40.3 Å². The number of anilines is 1. The van der Waals surface area contributed by atoms with Gasteiger partial charge in [-0.2, -0.15) is 31.4 Å². The van der Waals surface area contributed by atoms with Crippen molar-refractivity contribution < 1.29 is 128 Å². The third-order valence-electron chi connectivity index (χ3n) is 14.4. The molecule has 0 spiro atoms. The lowest BCUT2D eigenvalue weighted by molar-refractivity contribution is -0.138.